The fourth-order valence-electron chi connectivity index (χ4n) is 3.70. The van der Waals surface area contributed by atoms with Crippen molar-refractivity contribution in [3.63, 3.8) is 0 Å². The number of likely N-dealkylation sites (tertiary alicyclic amines) is 1. The van der Waals surface area contributed by atoms with E-state index in [4.69, 9.17) is 4.98 Å². The summed E-state index contributed by atoms with van der Waals surface area (Å²) in [6.07, 6.45) is 4.45. The van der Waals surface area contributed by atoms with Gasteiger partial charge in [-0.2, -0.15) is 0 Å². The van der Waals surface area contributed by atoms with E-state index in [1.807, 2.05) is 12.1 Å². The van der Waals surface area contributed by atoms with Crippen LogP contribution in [0.2, 0.25) is 0 Å². The third kappa shape index (κ3) is 2.85. The molecule has 134 valence electrons. The van der Waals surface area contributed by atoms with Gasteiger partial charge in [-0.1, -0.05) is 19.1 Å². The van der Waals surface area contributed by atoms with E-state index in [-0.39, 0.29) is 17.5 Å². The van der Waals surface area contributed by atoms with Crippen molar-refractivity contribution in [1.29, 1.82) is 0 Å². The van der Waals surface area contributed by atoms with E-state index in [1.54, 1.807) is 29.3 Å². The minimum Gasteiger partial charge on any atom is -0.336 e. The summed E-state index contributed by atoms with van der Waals surface area (Å²) in [6, 6.07) is 10.1. The van der Waals surface area contributed by atoms with Gasteiger partial charge in [0.2, 0.25) is 0 Å². The lowest BCUT2D eigenvalue weighted by Crippen LogP contribution is -2.30. The number of halogens is 1. The summed E-state index contributed by atoms with van der Waals surface area (Å²) in [5.41, 5.74) is 1.88. The zero-order valence-electron chi connectivity index (χ0n) is 14.7. The molecule has 0 N–H and O–H groups in total. The number of fused-ring (bicyclic) bond motifs is 1. The van der Waals surface area contributed by atoms with Crippen molar-refractivity contribution in [1.82, 2.24) is 19.4 Å². The predicted molar refractivity (Wildman–Crippen MR) is 97.5 cm³/mol. The molecule has 1 aliphatic rings. The van der Waals surface area contributed by atoms with E-state index in [0.29, 0.717) is 13.1 Å². The Morgan fingerprint density at radius 3 is 2.92 bits per heavy atom. The zero-order chi connectivity index (χ0) is 18.1. The van der Waals surface area contributed by atoms with Gasteiger partial charge in [0.1, 0.15) is 17.2 Å². The molecule has 26 heavy (non-hydrogen) atoms. The number of aromatic nitrogens is 3. The quantitative estimate of drug-likeness (QED) is 0.721. The first-order valence-electron chi connectivity index (χ1n) is 9.04. The lowest BCUT2D eigenvalue weighted by molar-refractivity contribution is 0.0783. The Morgan fingerprint density at radius 2 is 2.12 bits per heavy atom. The maximum absolute atomic E-state index is 14.0. The number of aryl methyl sites for hydroxylation is 1. The molecular weight excluding hydrogens is 331 g/mol. The molecule has 1 amide bonds. The van der Waals surface area contributed by atoms with Gasteiger partial charge >= 0.3 is 0 Å². The molecule has 0 unspecified atom stereocenters. The lowest BCUT2D eigenvalue weighted by atomic mass is 10.2. The molecule has 2 aromatic heterocycles. The molecular formula is C20H21FN4O. The van der Waals surface area contributed by atoms with Crippen molar-refractivity contribution in [2.24, 2.45) is 0 Å². The number of pyridine rings is 1. The number of benzene rings is 1. The second-order valence-electron chi connectivity index (χ2n) is 6.67. The number of carbonyl (C=O) groups is 1. The monoisotopic (exact) mass is 352 g/mol. The van der Waals surface area contributed by atoms with Gasteiger partial charge in [0.15, 0.2) is 5.65 Å². The topological polar surface area (TPSA) is 51.0 Å². The van der Waals surface area contributed by atoms with Crippen LogP contribution in [-0.4, -0.2) is 38.4 Å². The second-order valence-corrected chi connectivity index (χ2v) is 6.67. The largest absolute Gasteiger partial charge is 0.336 e. The summed E-state index contributed by atoms with van der Waals surface area (Å²) in [7, 11) is 0. The van der Waals surface area contributed by atoms with Gasteiger partial charge in [-0.05, 0) is 37.1 Å². The van der Waals surface area contributed by atoms with Gasteiger partial charge in [0.25, 0.3) is 5.91 Å². The molecule has 0 aliphatic carbocycles. The fourth-order valence-corrected chi connectivity index (χ4v) is 3.70. The Bertz CT molecular complexity index is 952. The van der Waals surface area contributed by atoms with E-state index in [2.05, 4.69) is 16.5 Å². The third-order valence-electron chi connectivity index (χ3n) is 4.92. The van der Waals surface area contributed by atoms with Gasteiger partial charge in [-0.15, -0.1) is 0 Å². The van der Waals surface area contributed by atoms with Crippen LogP contribution in [0.4, 0.5) is 4.39 Å². The number of imidazole rings is 1. The van der Waals surface area contributed by atoms with E-state index < -0.39 is 5.82 Å². The smallest absolute Gasteiger partial charge is 0.256 e. The molecule has 1 atom stereocenters. The molecule has 0 spiro atoms. The molecule has 3 aromatic rings. The summed E-state index contributed by atoms with van der Waals surface area (Å²) in [4.78, 5) is 23.7. The highest BCUT2D eigenvalue weighted by Crippen LogP contribution is 2.29. The van der Waals surface area contributed by atoms with Crippen LogP contribution in [0.15, 0.2) is 42.6 Å². The van der Waals surface area contributed by atoms with Crippen LogP contribution in [0, 0.1) is 5.82 Å². The van der Waals surface area contributed by atoms with E-state index in [1.165, 1.54) is 6.07 Å². The summed E-state index contributed by atoms with van der Waals surface area (Å²) in [5, 5.41) is 0. The van der Waals surface area contributed by atoms with Crippen molar-refractivity contribution < 1.29 is 9.18 Å². The number of rotatable bonds is 4. The number of hydrogen-bond acceptors (Lipinski definition) is 3. The average Bonchev–Trinajstić information content (AvgIpc) is 3.26. The molecule has 0 radical (unpaired) electrons. The maximum Gasteiger partial charge on any atom is 0.256 e. The molecule has 1 aliphatic heterocycles. The third-order valence-corrected chi connectivity index (χ3v) is 4.92. The predicted octanol–water partition coefficient (Wildman–Crippen LogP) is 3.61. The van der Waals surface area contributed by atoms with Crippen LogP contribution < -0.4 is 0 Å². The minimum absolute atomic E-state index is 0.118. The molecule has 1 aromatic carbocycles. The number of nitrogens with zero attached hydrogens (tertiary/aromatic N) is 4. The van der Waals surface area contributed by atoms with Gasteiger partial charge in [0, 0.05) is 25.7 Å². The Kier molecular flexibility index (Phi) is 4.41. The van der Waals surface area contributed by atoms with E-state index >= 15 is 0 Å². The van der Waals surface area contributed by atoms with Gasteiger partial charge in [-0.3, -0.25) is 4.79 Å². The molecule has 0 bridgehead atoms. The van der Waals surface area contributed by atoms with Gasteiger partial charge < -0.3 is 9.47 Å². The highest BCUT2D eigenvalue weighted by Gasteiger charge is 2.31. The van der Waals surface area contributed by atoms with Crippen LogP contribution in [0.1, 0.15) is 42.0 Å². The highest BCUT2D eigenvalue weighted by atomic mass is 19.1. The molecule has 3 heterocycles. The van der Waals surface area contributed by atoms with Crippen molar-refractivity contribution in [3.8, 4) is 0 Å². The minimum atomic E-state index is -0.470. The van der Waals surface area contributed by atoms with Crippen molar-refractivity contribution >= 4 is 17.1 Å². The van der Waals surface area contributed by atoms with Crippen LogP contribution in [-0.2, 0) is 6.42 Å². The number of amides is 1. The zero-order valence-corrected chi connectivity index (χ0v) is 14.7. The first-order valence-corrected chi connectivity index (χ1v) is 9.04. The Morgan fingerprint density at radius 1 is 1.27 bits per heavy atom. The van der Waals surface area contributed by atoms with E-state index in [9.17, 15) is 9.18 Å². The van der Waals surface area contributed by atoms with Crippen molar-refractivity contribution in [3.05, 3.63) is 59.8 Å². The first kappa shape index (κ1) is 16.7. The molecule has 4 rings (SSSR count). The average molecular weight is 352 g/mol. The molecule has 5 nitrogen and oxygen atoms in total. The first-order chi connectivity index (χ1) is 12.7. The molecule has 6 heteroatoms. The summed E-state index contributed by atoms with van der Waals surface area (Å²) < 4.78 is 16.1. The Hall–Kier alpha value is -2.76. The molecule has 1 saturated heterocycles. The van der Waals surface area contributed by atoms with Crippen LogP contribution in [0.3, 0.4) is 0 Å². The summed E-state index contributed by atoms with van der Waals surface area (Å²) in [6.45, 7) is 3.28. The van der Waals surface area contributed by atoms with Gasteiger partial charge in [0.05, 0.1) is 11.6 Å². The maximum atomic E-state index is 14.0. The lowest BCUT2D eigenvalue weighted by Gasteiger charge is -2.19. The van der Waals surface area contributed by atoms with Crippen molar-refractivity contribution in [2.45, 2.75) is 32.2 Å². The second kappa shape index (κ2) is 6.86. The van der Waals surface area contributed by atoms with Gasteiger partial charge in [-0.25, -0.2) is 14.4 Å². The Labute approximate surface area is 151 Å². The van der Waals surface area contributed by atoms with E-state index in [0.717, 1.165) is 36.3 Å². The Balaban J connectivity index is 1.63. The fraction of sp³-hybridized carbons (Fsp3) is 0.350. The molecule has 0 saturated carbocycles. The van der Waals surface area contributed by atoms with Crippen LogP contribution >= 0.6 is 0 Å². The summed E-state index contributed by atoms with van der Waals surface area (Å²) >= 11 is 0. The number of hydrogen-bond donors (Lipinski definition) is 0. The SMILES string of the molecule is CCCc1nc2cccnc2n1[C@@H]1CCN(C(=O)c2ccccc2F)C1. The molecule has 1 fully saturated rings. The summed E-state index contributed by atoms with van der Waals surface area (Å²) in [5.74, 6) is 0.286. The van der Waals surface area contributed by atoms with Crippen molar-refractivity contribution in [2.75, 3.05) is 13.1 Å². The van der Waals surface area contributed by atoms with Crippen LogP contribution in [0.5, 0.6) is 0 Å². The standard InChI is InChI=1S/C20H21FN4O/c1-2-6-18-23-17-9-5-11-22-19(17)25(18)14-10-12-24(13-14)20(26)15-7-3-4-8-16(15)21/h3-5,7-9,11,14H,2,6,10,12-13H2,1H3/t14-/m1/s1. The van der Waals surface area contributed by atoms with Crippen LogP contribution in [0.25, 0.3) is 11.2 Å². The number of carbonyl (C=O) groups excluding carboxylic acids is 1. The highest BCUT2D eigenvalue weighted by molar-refractivity contribution is 5.94. The normalized spacial score (nSPS) is 17.2.